The highest BCUT2D eigenvalue weighted by atomic mass is 15.4. The molecule has 4 N–H and O–H groups in total. The Kier molecular flexibility index (Phi) is 4.32. The van der Waals surface area contributed by atoms with Crippen LogP contribution in [0, 0.1) is 11.3 Å². The predicted octanol–water partition coefficient (Wildman–Crippen LogP) is 0.832. The molecule has 2 aromatic heterocycles. The van der Waals surface area contributed by atoms with Crippen LogP contribution in [-0.4, -0.2) is 36.3 Å². The molecule has 9 heteroatoms. The Balaban J connectivity index is 2.18. The first kappa shape index (κ1) is 15.1. The lowest BCUT2D eigenvalue weighted by Gasteiger charge is -2.27. The van der Waals surface area contributed by atoms with E-state index in [1.807, 2.05) is 0 Å². The SMILES string of the molecule is CC(CNc1nc(NN)nc(-n2cncn2)n1)C(C)(C)C. The summed E-state index contributed by atoms with van der Waals surface area (Å²) >= 11 is 0. The number of rotatable bonds is 5. The van der Waals surface area contributed by atoms with Crippen molar-refractivity contribution in [2.75, 3.05) is 17.3 Å². The van der Waals surface area contributed by atoms with E-state index in [2.05, 4.69) is 63.5 Å². The minimum Gasteiger partial charge on any atom is -0.354 e. The van der Waals surface area contributed by atoms with Gasteiger partial charge in [0.2, 0.25) is 11.9 Å². The summed E-state index contributed by atoms with van der Waals surface area (Å²) in [5.74, 6) is 6.89. The van der Waals surface area contributed by atoms with Gasteiger partial charge in [0.05, 0.1) is 0 Å². The van der Waals surface area contributed by atoms with Crippen LogP contribution in [0.3, 0.4) is 0 Å². The number of nitrogens with one attached hydrogen (secondary N) is 2. The molecule has 0 fully saturated rings. The monoisotopic (exact) mass is 291 g/mol. The molecule has 0 spiro atoms. The lowest BCUT2D eigenvalue weighted by Crippen LogP contribution is -2.26. The van der Waals surface area contributed by atoms with Crippen LogP contribution >= 0.6 is 0 Å². The summed E-state index contributed by atoms with van der Waals surface area (Å²) in [5, 5.41) is 7.20. The quantitative estimate of drug-likeness (QED) is 0.547. The van der Waals surface area contributed by atoms with Gasteiger partial charge in [0, 0.05) is 6.54 Å². The molecule has 0 aliphatic rings. The van der Waals surface area contributed by atoms with E-state index in [0.29, 0.717) is 17.8 Å². The molecular formula is C12H21N9. The third-order valence-electron chi connectivity index (χ3n) is 3.42. The van der Waals surface area contributed by atoms with Crippen molar-refractivity contribution in [2.24, 2.45) is 17.2 Å². The summed E-state index contributed by atoms with van der Waals surface area (Å²) < 4.78 is 1.45. The van der Waals surface area contributed by atoms with Crippen LogP contribution < -0.4 is 16.6 Å². The van der Waals surface area contributed by atoms with E-state index in [-0.39, 0.29) is 11.4 Å². The van der Waals surface area contributed by atoms with Gasteiger partial charge in [0.25, 0.3) is 5.95 Å². The fraction of sp³-hybridized carbons (Fsp3) is 0.583. The summed E-state index contributed by atoms with van der Waals surface area (Å²) in [7, 11) is 0. The van der Waals surface area contributed by atoms with Crippen LogP contribution in [0.2, 0.25) is 0 Å². The zero-order valence-electron chi connectivity index (χ0n) is 12.7. The van der Waals surface area contributed by atoms with Crippen molar-refractivity contribution in [1.29, 1.82) is 0 Å². The molecule has 2 rings (SSSR count). The van der Waals surface area contributed by atoms with Crippen molar-refractivity contribution in [2.45, 2.75) is 27.7 Å². The number of nitrogens with zero attached hydrogens (tertiary/aromatic N) is 6. The smallest absolute Gasteiger partial charge is 0.258 e. The van der Waals surface area contributed by atoms with E-state index >= 15 is 0 Å². The van der Waals surface area contributed by atoms with Crippen molar-refractivity contribution in [3.63, 3.8) is 0 Å². The Bertz CT molecular complexity index is 573. The van der Waals surface area contributed by atoms with Gasteiger partial charge < -0.3 is 5.32 Å². The lowest BCUT2D eigenvalue weighted by atomic mass is 9.82. The first-order valence-corrected chi connectivity index (χ1v) is 6.71. The van der Waals surface area contributed by atoms with Crippen molar-refractivity contribution in [1.82, 2.24) is 29.7 Å². The molecule has 1 atom stereocenters. The second kappa shape index (κ2) is 6.00. The van der Waals surface area contributed by atoms with Crippen molar-refractivity contribution >= 4 is 11.9 Å². The molecule has 0 aromatic carbocycles. The summed E-state index contributed by atoms with van der Waals surface area (Å²) in [6.45, 7) is 9.50. The molecule has 2 heterocycles. The van der Waals surface area contributed by atoms with Gasteiger partial charge in [-0.05, 0) is 11.3 Å². The van der Waals surface area contributed by atoms with Gasteiger partial charge in [-0.3, -0.25) is 5.43 Å². The first-order chi connectivity index (χ1) is 9.90. The van der Waals surface area contributed by atoms with E-state index < -0.39 is 0 Å². The molecule has 9 nitrogen and oxygen atoms in total. The van der Waals surface area contributed by atoms with Crippen LogP contribution in [0.4, 0.5) is 11.9 Å². The fourth-order valence-electron chi connectivity index (χ4n) is 1.47. The van der Waals surface area contributed by atoms with Gasteiger partial charge in [-0.2, -0.15) is 24.7 Å². The van der Waals surface area contributed by atoms with E-state index in [9.17, 15) is 0 Å². The maximum atomic E-state index is 5.39. The van der Waals surface area contributed by atoms with E-state index in [0.717, 1.165) is 6.54 Å². The molecule has 0 saturated carbocycles. The number of nitrogens with two attached hydrogens (primary N) is 1. The van der Waals surface area contributed by atoms with E-state index in [1.54, 1.807) is 0 Å². The zero-order valence-corrected chi connectivity index (χ0v) is 12.7. The standard InChI is InChI=1S/C12H21N9/c1-8(12(2,3)4)5-15-9-17-10(20-13)19-11(18-9)21-7-14-6-16-21/h6-8H,5,13H2,1-4H3,(H2,15,17,18,19,20). The van der Waals surface area contributed by atoms with Crippen molar-refractivity contribution < 1.29 is 0 Å². The lowest BCUT2D eigenvalue weighted by molar-refractivity contribution is 0.274. The highest BCUT2D eigenvalue weighted by Crippen LogP contribution is 2.25. The van der Waals surface area contributed by atoms with Crippen molar-refractivity contribution in [3.05, 3.63) is 12.7 Å². The molecule has 0 bridgehead atoms. The Hall–Kier alpha value is -2.29. The summed E-state index contributed by atoms with van der Waals surface area (Å²) in [6, 6.07) is 0. The van der Waals surface area contributed by atoms with Gasteiger partial charge in [0.1, 0.15) is 12.7 Å². The third-order valence-corrected chi connectivity index (χ3v) is 3.42. The van der Waals surface area contributed by atoms with Crippen LogP contribution in [0.5, 0.6) is 0 Å². The third kappa shape index (κ3) is 3.85. The van der Waals surface area contributed by atoms with Gasteiger partial charge >= 0.3 is 0 Å². The highest BCUT2D eigenvalue weighted by Gasteiger charge is 2.20. The second-order valence-electron chi connectivity index (χ2n) is 5.91. The summed E-state index contributed by atoms with van der Waals surface area (Å²) in [6.07, 6.45) is 2.92. The zero-order chi connectivity index (χ0) is 15.5. The summed E-state index contributed by atoms with van der Waals surface area (Å²) in [4.78, 5) is 16.5. The number of aromatic nitrogens is 6. The molecule has 0 saturated heterocycles. The molecule has 0 radical (unpaired) electrons. The largest absolute Gasteiger partial charge is 0.354 e. The number of nitrogen functional groups attached to an aromatic ring is 1. The van der Waals surface area contributed by atoms with Gasteiger partial charge in [-0.1, -0.05) is 27.7 Å². The maximum absolute atomic E-state index is 5.39. The van der Waals surface area contributed by atoms with Gasteiger partial charge in [-0.25, -0.2) is 10.8 Å². The van der Waals surface area contributed by atoms with Crippen LogP contribution in [-0.2, 0) is 0 Å². The fourth-order valence-corrected chi connectivity index (χ4v) is 1.47. The van der Waals surface area contributed by atoms with E-state index in [4.69, 9.17) is 5.84 Å². The summed E-state index contributed by atoms with van der Waals surface area (Å²) in [5.41, 5.74) is 2.62. The number of anilines is 2. The Morgan fingerprint density at radius 2 is 1.95 bits per heavy atom. The van der Waals surface area contributed by atoms with Crippen LogP contribution in [0.15, 0.2) is 12.7 Å². The maximum Gasteiger partial charge on any atom is 0.258 e. The Labute approximate surface area is 123 Å². The minimum atomic E-state index is 0.198. The predicted molar refractivity (Wildman–Crippen MR) is 79.7 cm³/mol. The minimum absolute atomic E-state index is 0.198. The highest BCUT2D eigenvalue weighted by molar-refractivity contribution is 5.36. The van der Waals surface area contributed by atoms with Crippen molar-refractivity contribution in [3.8, 4) is 5.95 Å². The second-order valence-corrected chi connectivity index (χ2v) is 5.91. The molecule has 0 amide bonds. The number of hydrogen-bond acceptors (Lipinski definition) is 8. The molecule has 0 aliphatic carbocycles. The van der Waals surface area contributed by atoms with Crippen LogP contribution in [0.1, 0.15) is 27.7 Å². The first-order valence-electron chi connectivity index (χ1n) is 6.71. The molecule has 0 aliphatic heterocycles. The molecule has 21 heavy (non-hydrogen) atoms. The molecule has 1 unspecified atom stereocenters. The molecule has 114 valence electrons. The van der Waals surface area contributed by atoms with E-state index in [1.165, 1.54) is 17.3 Å². The Morgan fingerprint density at radius 3 is 2.52 bits per heavy atom. The van der Waals surface area contributed by atoms with Gasteiger partial charge in [-0.15, -0.1) is 0 Å². The Morgan fingerprint density at radius 1 is 1.24 bits per heavy atom. The molecular weight excluding hydrogens is 270 g/mol. The van der Waals surface area contributed by atoms with Crippen LogP contribution in [0.25, 0.3) is 5.95 Å². The van der Waals surface area contributed by atoms with Gasteiger partial charge in [0.15, 0.2) is 0 Å². The number of hydrogen-bond donors (Lipinski definition) is 3. The average Bonchev–Trinajstić information content (AvgIpc) is 2.97. The number of hydrazine groups is 1. The molecule has 2 aromatic rings. The normalized spacial score (nSPS) is 13.0. The average molecular weight is 291 g/mol. The topological polar surface area (TPSA) is 119 Å².